The van der Waals surface area contributed by atoms with Crippen LogP contribution in [0.5, 0.6) is 5.75 Å². The Bertz CT molecular complexity index is 1290. The number of ether oxygens (including phenoxy) is 1. The van der Waals surface area contributed by atoms with E-state index < -0.39 is 29.9 Å². The molecule has 3 amide bonds. The molecule has 39 heavy (non-hydrogen) atoms. The Morgan fingerprint density at radius 2 is 1.97 bits per heavy atom. The first-order chi connectivity index (χ1) is 18.7. The van der Waals surface area contributed by atoms with Gasteiger partial charge in [-0.05, 0) is 56.1 Å². The third-order valence-electron chi connectivity index (χ3n) is 8.64. The number of carbonyl (C=O) groups is 4. The minimum Gasteiger partial charge on any atom is -0.497 e. The third-order valence-corrected chi connectivity index (χ3v) is 8.94. The standard InChI is InChI=1S/C28H35ClN4O6/c1-39-18-10-17-12-20(31-23(17)19(29)13-18)26(36)33-15-28(7-3-2-4-8-28)14-22(33)25(35)32-21(27(37)38)11-16-6-5-9-30-24(16)34/h10,12-13,16,21-22,31H,2-9,11,14-15H2,1H3,(H,30,34)(H,32,35)(H,37,38)/t16-,21?,22?/m0/s1. The van der Waals surface area contributed by atoms with Crippen molar-refractivity contribution in [3.63, 3.8) is 0 Å². The summed E-state index contributed by atoms with van der Waals surface area (Å²) in [5.74, 6) is -2.11. The van der Waals surface area contributed by atoms with Crippen molar-refractivity contribution in [2.24, 2.45) is 11.3 Å². The molecule has 3 aliphatic rings. The summed E-state index contributed by atoms with van der Waals surface area (Å²) in [6.07, 6.45) is 6.87. The van der Waals surface area contributed by atoms with E-state index in [1.165, 1.54) is 0 Å². The molecule has 0 radical (unpaired) electrons. The number of hydrogen-bond donors (Lipinski definition) is 4. The lowest BCUT2D eigenvalue weighted by Gasteiger charge is -2.32. The summed E-state index contributed by atoms with van der Waals surface area (Å²) in [5.41, 5.74) is 0.731. The minimum absolute atomic E-state index is 0.0149. The van der Waals surface area contributed by atoms with E-state index in [1.807, 2.05) is 0 Å². The summed E-state index contributed by atoms with van der Waals surface area (Å²) in [4.78, 5) is 56.6. The van der Waals surface area contributed by atoms with E-state index in [1.54, 1.807) is 30.2 Å². The van der Waals surface area contributed by atoms with Gasteiger partial charge in [-0.15, -0.1) is 0 Å². The molecule has 1 spiro atoms. The van der Waals surface area contributed by atoms with E-state index >= 15 is 0 Å². The minimum atomic E-state index is -1.22. The zero-order chi connectivity index (χ0) is 27.7. The zero-order valence-electron chi connectivity index (χ0n) is 22.1. The number of amides is 3. The number of aliphatic carboxylic acids is 1. The molecule has 10 nitrogen and oxygen atoms in total. The predicted octanol–water partition coefficient (Wildman–Crippen LogP) is 3.48. The van der Waals surface area contributed by atoms with Gasteiger partial charge in [0.05, 0.1) is 17.6 Å². The monoisotopic (exact) mass is 558 g/mol. The number of hydrogen-bond acceptors (Lipinski definition) is 5. The molecule has 0 bridgehead atoms. The molecular formula is C28H35ClN4O6. The molecule has 2 saturated heterocycles. The third kappa shape index (κ3) is 5.57. The van der Waals surface area contributed by atoms with Crippen molar-refractivity contribution < 1.29 is 29.0 Å². The van der Waals surface area contributed by atoms with Gasteiger partial charge in [-0.3, -0.25) is 14.4 Å². The van der Waals surface area contributed by atoms with E-state index in [9.17, 15) is 24.3 Å². The number of likely N-dealkylation sites (tertiary alicyclic amines) is 1. The number of methoxy groups -OCH3 is 1. The molecule has 3 fully saturated rings. The number of carboxylic acids is 1. The Morgan fingerprint density at radius 1 is 1.21 bits per heavy atom. The molecule has 2 aromatic rings. The maximum atomic E-state index is 13.9. The average Bonchev–Trinajstić information content (AvgIpc) is 3.52. The predicted molar refractivity (Wildman–Crippen MR) is 145 cm³/mol. The van der Waals surface area contributed by atoms with Crippen molar-refractivity contribution in [2.45, 2.75) is 69.9 Å². The number of piperidine rings is 1. The van der Waals surface area contributed by atoms with Gasteiger partial charge in [0.1, 0.15) is 23.5 Å². The lowest BCUT2D eigenvalue weighted by molar-refractivity contribution is -0.143. The van der Waals surface area contributed by atoms with Crippen LogP contribution < -0.4 is 15.4 Å². The first kappa shape index (κ1) is 27.3. The Hall–Kier alpha value is -3.27. The summed E-state index contributed by atoms with van der Waals surface area (Å²) in [5, 5.41) is 16.4. The molecule has 1 aromatic carbocycles. The molecule has 1 aliphatic carbocycles. The molecule has 2 unspecified atom stereocenters. The van der Waals surface area contributed by atoms with Crippen LogP contribution in [-0.2, 0) is 14.4 Å². The fourth-order valence-electron chi connectivity index (χ4n) is 6.56. The van der Waals surface area contributed by atoms with Crippen LogP contribution in [0.15, 0.2) is 18.2 Å². The van der Waals surface area contributed by atoms with Crippen LogP contribution in [0.25, 0.3) is 10.9 Å². The van der Waals surface area contributed by atoms with Gasteiger partial charge in [-0.1, -0.05) is 30.9 Å². The van der Waals surface area contributed by atoms with Gasteiger partial charge in [0.25, 0.3) is 5.91 Å². The summed E-state index contributed by atoms with van der Waals surface area (Å²) in [6.45, 7) is 1.01. The number of nitrogens with one attached hydrogen (secondary N) is 3. The number of aromatic amines is 1. The van der Waals surface area contributed by atoms with Crippen LogP contribution in [0, 0.1) is 11.3 Å². The van der Waals surface area contributed by atoms with E-state index in [0.717, 1.165) is 38.5 Å². The number of carboxylic acid groups (broad SMARTS) is 1. The lowest BCUT2D eigenvalue weighted by Crippen LogP contribution is -2.52. The van der Waals surface area contributed by atoms with Crippen LogP contribution in [0.1, 0.15) is 68.3 Å². The van der Waals surface area contributed by atoms with Crippen molar-refractivity contribution >= 4 is 46.2 Å². The quantitative estimate of drug-likeness (QED) is 0.410. The van der Waals surface area contributed by atoms with Crippen molar-refractivity contribution in [2.75, 3.05) is 20.2 Å². The Kier molecular flexibility index (Phi) is 7.75. The summed E-state index contributed by atoms with van der Waals surface area (Å²) in [6, 6.07) is 3.12. The lowest BCUT2D eigenvalue weighted by atomic mass is 9.72. The van der Waals surface area contributed by atoms with Crippen molar-refractivity contribution in [3.8, 4) is 5.75 Å². The normalized spacial score (nSPS) is 23.4. The SMILES string of the molecule is COc1cc(Cl)c2[nH]c(C(=O)N3CC4(CCCCC4)CC3C(=O)NC(C[C@@H]3CCCNC3=O)C(=O)O)cc2c1. The highest BCUT2D eigenvalue weighted by Crippen LogP contribution is 2.47. The molecule has 5 rings (SSSR count). The van der Waals surface area contributed by atoms with Crippen LogP contribution in [0.3, 0.4) is 0 Å². The fourth-order valence-corrected chi connectivity index (χ4v) is 6.83. The number of fused-ring (bicyclic) bond motifs is 1. The van der Waals surface area contributed by atoms with Crippen LogP contribution in [0.2, 0.25) is 5.02 Å². The van der Waals surface area contributed by atoms with Crippen molar-refractivity contribution in [3.05, 3.63) is 28.9 Å². The van der Waals surface area contributed by atoms with Crippen molar-refractivity contribution in [1.82, 2.24) is 20.5 Å². The molecule has 1 aromatic heterocycles. The van der Waals surface area contributed by atoms with E-state index in [-0.39, 0.29) is 23.7 Å². The average molecular weight is 559 g/mol. The second-order valence-corrected chi connectivity index (χ2v) is 11.6. The fraction of sp³-hybridized carbons (Fsp3) is 0.571. The molecule has 4 N–H and O–H groups in total. The Balaban J connectivity index is 1.40. The number of aromatic nitrogens is 1. The van der Waals surface area contributed by atoms with E-state index in [4.69, 9.17) is 16.3 Å². The van der Waals surface area contributed by atoms with Gasteiger partial charge in [0, 0.05) is 30.5 Å². The van der Waals surface area contributed by atoms with Gasteiger partial charge in [-0.2, -0.15) is 0 Å². The van der Waals surface area contributed by atoms with Crippen LogP contribution in [0.4, 0.5) is 0 Å². The highest BCUT2D eigenvalue weighted by Gasteiger charge is 2.49. The molecule has 11 heteroatoms. The van der Waals surface area contributed by atoms with Gasteiger partial charge in [0.2, 0.25) is 11.8 Å². The number of nitrogens with zero attached hydrogens (tertiary/aromatic N) is 1. The summed E-state index contributed by atoms with van der Waals surface area (Å²) in [7, 11) is 1.54. The number of H-pyrrole nitrogens is 1. The van der Waals surface area contributed by atoms with E-state index in [2.05, 4.69) is 15.6 Å². The maximum absolute atomic E-state index is 13.9. The molecule has 1 saturated carbocycles. The number of rotatable bonds is 7. The largest absolute Gasteiger partial charge is 0.497 e. The highest BCUT2D eigenvalue weighted by atomic mass is 35.5. The van der Waals surface area contributed by atoms with Gasteiger partial charge >= 0.3 is 5.97 Å². The molecule has 210 valence electrons. The molecule has 3 atom stereocenters. The maximum Gasteiger partial charge on any atom is 0.326 e. The number of halogens is 1. The second-order valence-electron chi connectivity index (χ2n) is 11.2. The van der Waals surface area contributed by atoms with Gasteiger partial charge in [-0.25, -0.2) is 4.79 Å². The number of benzene rings is 1. The summed E-state index contributed by atoms with van der Waals surface area (Å²) >= 11 is 6.41. The van der Waals surface area contributed by atoms with Crippen molar-refractivity contribution in [1.29, 1.82) is 0 Å². The smallest absolute Gasteiger partial charge is 0.326 e. The van der Waals surface area contributed by atoms with Crippen LogP contribution in [-0.4, -0.2) is 71.0 Å². The van der Waals surface area contributed by atoms with Gasteiger partial charge < -0.3 is 30.4 Å². The van der Waals surface area contributed by atoms with Crippen LogP contribution >= 0.6 is 11.6 Å². The Morgan fingerprint density at radius 3 is 2.67 bits per heavy atom. The molecule has 2 aliphatic heterocycles. The summed E-state index contributed by atoms with van der Waals surface area (Å²) < 4.78 is 5.29. The topological polar surface area (TPSA) is 141 Å². The van der Waals surface area contributed by atoms with E-state index in [0.29, 0.717) is 53.3 Å². The van der Waals surface area contributed by atoms with Gasteiger partial charge in [0.15, 0.2) is 0 Å². The first-order valence-corrected chi connectivity index (χ1v) is 14.1. The Labute approximate surface area is 231 Å². The first-order valence-electron chi connectivity index (χ1n) is 13.7. The zero-order valence-corrected chi connectivity index (χ0v) is 22.8. The second kappa shape index (κ2) is 11.1. The molecule has 3 heterocycles. The molecular weight excluding hydrogens is 524 g/mol. The number of carbonyl (C=O) groups excluding carboxylic acids is 3. The highest BCUT2D eigenvalue weighted by molar-refractivity contribution is 6.35.